The van der Waals surface area contributed by atoms with Gasteiger partial charge in [-0.2, -0.15) is 5.10 Å². The van der Waals surface area contributed by atoms with Crippen LogP contribution in [0.5, 0.6) is 0 Å². The van der Waals surface area contributed by atoms with Gasteiger partial charge in [-0.05, 0) is 11.1 Å². The van der Waals surface area contributed by atoms with Crippen LogP contribution in [-0.2, 0) is 17.8 Å². The lowest BCUT2D eigenvalue weighted by Crippen LogP contribution is -2.00. The second kappa shape index (κ2) is 5.38. The Hall–Kier alpha value is -2.27. The molecule has 0 radical (unpaired) electrons. The van der Waals surface area contributed by atoms with E-state index in [1.807, 2.05) is 30.5 Å². The molecular formula is C14H11ClN4O. The van der Waals surface area contributed by atoms with Gasteiger partial charge in [0.05, 0.1) is 11.9 Å². The van der Waals surface area contributed by atoms with Gasteiger partial charge in [-0.1, -0.05) is 35.9 Å². The van der Waals surface area contributed by atoms with Crippen molar-refractivity contribution in [1.82, 2.24) is 19.7 Å². The van der Waals surface area contributed by atoms with Crippen LogP contribution in [0.15, 0.2) is 36.8 Å². The van der Waals surface area contributed by atoms with Gasteiger partial charge in [-0.3, -0.25) is 4.68 Å². The summed E-state index contributed by atoms with van der Waals surface area (Å²) in [4.78, 5) is 18.4. The first-order chi connectivity index (χ1) is 9.76. The summed E-state index contributed by atoms with van der Waals surface area (Å²) >= 11 is 5.99. The number of aromatic nitrogens is 4. The maximum absolute atomic E-state index is 10.4. The summed E-state index contributed by atoms with van der Waals surface area (Å²) in [6.07, 6.45) is 4.57. The topological polar surface area (TPSA) is 60.7 Å². The molecule has 0 saturated heterocycles. The van der Waals surface area contributed by atoms with Crippen molar-refractivity contribution in [2.45, 2.75) is 13.0 Å². The van der Waals surface area contributed by atoms with Crippen LogP contribution in [-0.4, -0.2) is 26.0 Å². The fourth-order valence-electron chi connectivity index (χ4n) is 2.00. The lowest BCUT2D eigenvalue weighted by Gasteiger charge is -2.02. The van der Waals surface area contributed by atoms with Crippen molar-refractivity contribution in [2.75, 3.05) is 0 Å². The van der Waals surface area contributed by atoms with Crippen molar-refractivity contribution >= 4 is 28.9 Å². The van der Waals surface area contributed by atoms with E-state index in [1.54, 1.807) is 4.68 Å². The molecule has 2 aromatic heterocycles. The molecular weight excluding hydrogens is 276 g/mol. The number of halogens is 1. The number of fused-ring (bicyclic) bond motifs is 1. The summed E-state index contributed by atoms with van der Waals surface area (Å²) in [5.74, 6) is 0. The minimum Gasteiger partial charge on any atom is -0.303 e. The Morgan fingerprint density at radius 3 is 2.60 bits per heavy atom. The van der Waals surface area contributed by atoms with E-state index in [0.717, 1.165) is 22.8 Å². The second-order valence-corrected chi connectivity index (χ2v) is 4.77. The number of hydrogen-bond donors (Lipinski definition) is 0. The Labute approximate surface area is 120 Å². The zero-order valence-electron chi connectivity index (χ0n) is 10.5. The highest BCUT2D eigenvalue weighted by Gasteiger charge is 2.06. The van der Waals surface area contributed by atoms with E-state index < -0.39 is 0 Å². The third-order valence-electron chi connectivity index (χ3n) is 3.00. The van der Waals surface area contributed by atoms with Crippen LogP contribution in [0.25, 0.3) is 11.0 Å². The van der Waals surface area contributed by atoms with Crippen LogP contribution < -0.4 is 0 Å². The van der Waals surface area contributed by atoms with Gasteiger partial charge >= 0.3 is 0 Å². The van der Waals surface area contributed by atoms with Crippen molar-refractivity contribution < 1.29 is 4.79 Å². The zero-order valence-corrected chi connectivity index (χ0v) is 11.3. The highest BCUT2D eigenvalue weighted by Crippen LogP contribution is 2.18. The molecule has 3 aromatic rings. The van der Waals surface area contributed by atoms with E-state index in [9.17, 15) is 4.79 Å². The van der Waals surface area contributed by atoms with Crippen LogP contribution in [0, 0.1) is 0 Å². The predicted octanol–water partition coefficient (Wildman–Crippen LogP) is 2.27. The Morgan fingerprint density at radius 2 is 1.90 bits per heavy atom. The molecule has 0 spiro atoms. The summed E-state index contributed by atoms with van der Waals surface area (Å²) < 4.78 is 1.78. The van der Waals surface area contributed by atoms with Gasteiger partial charge in [0, 0.05) is 12.6 Å². The Morgan fingerprint density at radius 1 is 1.15 bits per heavy atom. The van der Waals surface area contributed by atoms with E-state index in [2.05, 4.69) is 15.1 Å². The van der Waals surface area contributed by atoms with Crippen molar-refractivity contribution in [2.24, 2.45) is 0 Å². The van der Waals surface area contributed by atoms with E-state index in [-0.39, 0.29) is 0 Å². The molecule has 2 heterocycles. The van der Waals surface area contributed by atoms with Gasteiger partial charge < -0.3 is 4.79 Å². The largest absolute Gasteiger partial charge is 0.303 e. The Balaban J connectivity index is 1.85. The fourth-order valence-corrected chi connectivity index (χ4v) is 2.18. The summed E-state index contributed by atoms with van der Waals surface area (Å²) in [5, 5.41) is 5.50. The molecule has 0 N–H and O–H groups in total. The van der Waals surface area contributed by atoms with Crippen molar-refractivity contribution in [3.63, 3.8) is 0 Å². The van der Waals surface area contributed by atoms with Crippen LogP contribution in [0.4, 0.5) is 0 Å². The lowest BCUT2D eigenvalue weighted by atomic mass is 10.1. The smallest absolute Gasteiger partial charge is 0.185 e. The van der Waals surface area contributed by atoms with Gasteiger partial charge in [0.25, 0.3) is 0 Å². The highest BCUT2D eigenvalue weighted by atomic mass is 35.5. The van der Waals surface area contributed by atoms with E-state index in [1.165, 1.54) is 6.33 Å². The first kappa shape index (κ1) is 12.7. The van der Waals surface area contributed by atoms with E-state index in [0.29, 0.717) is 23.8 Å². The second-order valence-electron chi connectivity index (χ2n) is 4.42. The average molecular weight is 287 g/mol. The van der Waals surface area contributed by atoms with Gasteiger partial charge in [0.15, 0.2) is 5.65 Å². The van der Waals surface area contributed by atoms with Gasteiger partial charge in [0.1, 0.15) is 17.8 Å². The molecule has 0 aliphatic heterocycles. The minimum atomic E-state index is 0.405. The molecule has 20 heavy (non-hydrogen) atoms. The number of aldehydes is 1. The van der Waals surface area contributed by atoms with Crippen LogP contribution in [0.2, 0.25) is 5.15 Å². The van der Waals surface area contributed by atoms with Gasteiger partial charge in [-0.25, -0.2) is 9.97 Å². The molecule has 0 aliphatic rings. The Bertz CT molecular complexity index is 751. The molecule has 0 fully saturated rings. The van der Waals surface area contributed by atoms with Crippen molar-refractivity contribution in [3.8, 4) is 0 Å². The van der Waals surface area contributed by atoms with Gasteiger partial charge in [0.2, 0.25) is 0 Å². The number of nitrogens with zero attached hydrogens (tertiary/aromatic N) is 4. The number of benzene rings is 1. The molecule has 5 nitrogen and oxygen atoms in total. The summed E-state index contributed by atoms with van der Waals surface area (Å²) in [6, 6.07) is 7.86. The average Bonchev–Trinajstić information content (AvgIpc) is 2.85. The molecule has 6 heteroatoms. The zero-order chi connectivity index (χ0) is 13.9. The maximum Gasteiger partial charge on any atom is 0.185 e. The monoisotopic (exact) mass is 286 g/mol. The van der Waals surface area contributed by atoms with E-state index in [4.69, 9.17) is 11.6 Å². The normalized spacial score (nSPS) is 10.8. The quantitative estimate of drug-likeness (QED) is 0.545. The van der Waals surface area contributed by atoms with Crippen LogP contribution in [0.1, 0.15) is 11.1 Å². The summed E-state index contributed by atoms with van der Waals surface area (Å²) in [7, 11) is 0. The Kier molecular flexibility index (Phi) is 3.43. The molecule has 0 bridgehead atoms. The standard InChI is InChI=1S/C14H11ClN4O/c15-13-12-8-19(18-14(12)17-9-16-13)7-11-3-1-10(2-4-11)5-6-20/h1-4,6,8-9H,5,7H2. The molecule has 0 amide bonds. The molecule has 0 atom stereocenters. The number of rotatable bonds is 4. The SMILES string of the molecule is O=CCc1ccc(Cn2cc3c(Cl)ncnc3n2)cc1. The number of carbonyl (C=O) groups is 1. The lowest BCUT2D eigenvalue weighted by molar-refractivity contribution is -0.107. The minimum absolute atomic E-state index is 0.405. The fraction of sp³-hybridized carbons (Fsp3) is 0.143. The number of hydrogen-bond acceptors (Lipinski definition) is 4. The maximum atomic E-state index is 10.4. The highest BCUT2D eigenvalue weighted by molar-refractivity contribution is 6.33. The van der Waals surface area contributed by atoms with Crippen LogP contribution >= 0.6 is 11.6 Å². The summed E-state index contributed by atoms with van der Waals surface area (Å²) in [5.41, 5.74) is 2.68. The molecule has 0 saturated carbocycles. The van der Waals surface area contributed by atoms with Crippen molar-refractivity contribution in [3.05, 3.63) is 53.1 Å². The first-order valence-electron chi connectivity index (χ1n) is 6.11. The van der Waals surface area contributed by atoms with Crippen LogP contribution in [0.3, 0.4) is 0 Å². The van der Waals surface area contributed by atoms with Gasteiger partial charge in [-0.15, -0.1) is 0 Å². The predicted molar refractivity (Wildman–Crippen MR) is 75.6 cm³/mol. The molecule has 100 valence electrons. The third-order valence-corrected chi connectivity index (χ3v) is 3.30. The molecule has 0 aliphatic carbocycles. The van der Waals surface area contributed by atoms with E-state index >= 15 is 0 Å². The summed E-state index contributed by atoms with van der Waals surface area (Å²) in [6.45, 7) is 0.619. The molecule has 0 unspecified atom stereocenters. The molecule has 3 rings (SSSR count). The van der Waals surface area contributed by atoms with Crippen molar-refractivity contribution in [1.29, 1.82) is 0 Å². The first-order valence-corrected chi connectivity index (χ1v) is 6.49. The molecule has 1 aromatic carbocycles. The number of carbonyl (C=O) groups excluding carboxylic acids is 1. The third kappa shape index (κ3) is 2.53.